The zero-order valence-electron chi connectivity index (χ0n) is 7.44. The van der Waals surface area contributed by atoms with Gasteiger partial charge >= 0.3 is 0 Å². The van der Waals surface area contributed by atoms with Crippen molar-refractivity contribution in [2.75, 3.05) is 6.26 Å². The molecule has 3 nitrogen and oxygen atoms in total. The number of rotatable bonds is 2. The topological polar surface area (TPSA) is 43.4 Å². The lowest BCUT2D eigenvalue weighted by Gasteiger charge is -2.14. The van der Waals surface area contributed by atoms with E-state index in [1.807, 2.05) is 0 Å². The summed E-state index contributed by atoms with van der Waals surface area (Å²) in [6.07, 6.45) is 1.94. The molecule has 2 aliphatic carbocycles. The Kier molecular flexibility index (Phi) is 2.11. The molecule has 0 heterocycles. The molecule has 5 heteroatoms. The average molecular weight is 208 g/mol. The summed E-state index contributed by atoms with van der Waals surface area (Å²) in [6, 6.07) is 0. The third-order valence-electron chi connectivity index (χ3n) is 3.04. The van der Waals surface area contributed by atoms with Crippen molar-refractivity contribution in [2.45, 2.75) is 31.5 Å². The van der Waals surface area contributed by atoms with Crippen LogP contribution in [0.4, 0.5) is 4.39 Å². The van der Waals surface area contributed by atoms with Crippen molar-refractivity contribution >= 4 is 10.1 Å². The number of halogens is 1. The van der Waals surface area contributed by atoms with Crippen LogP contribution in [0.5, 0.6) is 0 Å². The molecular formula is C8H13FO3S. The standard InChI is InChI=1S/C8H13FO3S/c1-13(10,11)12-8-5-2-3-6(8)7(9)4-5/h5-8H,2-4H2,1H3/t5-,6+,7-,8-/m1/s1. The molecular weight excluding hydrogens is 195 g/mol. The van der Waals surface area contributed by atoms with Gasteiger partial charge in [-0.15, -0.1) is 0 Å². The van der Waals surface area contributed by atoms with Gasteiger partial charge in [-0.25, -0.2) is 4.39 Å². The normalized spacial score (nSPS) is 44.2. The van der Waals surface area contributed by atoms with Gasteiger partial charge in [0.2, 0.25) is 0 Å². The lowest BCUT2D eigenvalue weighted by atomic mass is 9.99. The van der Waals surface area contributed by atoms with Gasteiger partial charge in [0.25, 0.3) is 10.1 Å². The summed E-state index contributed by atoms with van der Waals surface area (Å²) >= 11 is 0. The minimum Gasteiger partial charge on any atom is -0.266 e. The van der Waals surface area contributed by atoms with Crippen LogP contribution < -0.4 is 0 Å². The number of hydrogen-bond acceptors (Lipinski definition) is 3. The van der Waals surface area contributed by atoms with Gasteiger partial charge in [0.1, 0.15) is 6.17 Å². The van der Waals surface area contributed by atoms with Crippen molar-refractivity contribution in [1.82, 2.24) is 0 Å². The fourth-order valence-electron chi connectivity index (χ4n) is 2.54. The first kappa shape index (κ1) is 9.40. The van der Waals surface area contributed by atoms with Gasteiger partial charge in [0, 0.05) is 5.92 Å². The molecule has 0 aromatic heterocycles. The first-order valence-electron chi connectivity index (χ1n) is 4.50. The van der Waals surface area contributed by atoms with Crippen LogP contribution in [0.25, 0.3) is 0 Å². The Morgan fingerprint density at radius 2 is 2.08 bits per heavy atom. The molecule has 0 aromatic carbocycles. The van der Waals surface area contributed by atoms with E-state index in [0.717, 1.165) is 19.1 Å². The van der Waals surface area contributed by atoms with Crippen molar-refractivity contribution < 1.29 is 17.0 Å². The van der Waals surface area contributed by atoms with E-state index in [9.17, 15) is 12.8 Å². The number of fused-ring (bicyclic) bond motifs is 2. The second kappa shape index (κ2) is 2.92. The molecule has 2 saturated carbocycles. The highest BCUT2D eigenvalue weighted by molar-refractivity contribution is 7.86. The molecule has 2 aliphatic rings. The molecule has 4 atom stereocenters. The lowest BCUT2D eigenvalue weighted by molar-refractivity contribution is 0.143. The maximum absolute atomic E-state index is 13.2. The van der Waals surface area contributed by atoms with Crippen LogP contribution >= 0.6 is 0 Å². The van der Waals surface area contributed by atoms with E-state index in [-0.39, 0.29) is 17.9 Å². The van der Waals surface area contributed by atoms with Gasteiger partial charge < -0.3 is 0 Å². The molecule has 0 spiro atoms. The molecule has 0 aromatic rings. The highest BCUT2D eigenvalue weighted by atomic mass is 32.2. The molecule has 0 saturated heterocycles. The largest absolute Gasteiger partial charge is 0.266 e. The SMILES string of the molecule is CS(=O)(=O)O[C@@H]1[C@@H]2CC[C@H]1[C@H](F)C2. The fraction of sp³-hybridized carbons (Fsp3) is 1.00. The average Bonchev–Trinajstić information content (AvgIpc) is 2.42. The number of alkyl halides is 1. The van der Waals surface area contributed by atoms with E-state index in [1.54, 1.807) is 0 Å². The molecule has 2 rings (SSSR count). The van der Waals surface area contributed by atoms with Crippen molar-refractivity contribution in [3.8, 4) is 0 Å². The van der Waals surface area contributed by atoms with Gasteiger partial charge in [-0.05, 0) is 25.2 Å². The fourth-order valence-corrected chi connectivity index (χ4v) is 3.24. The first-order valence-corrected chi connectivity index (χ1v) is 6.31. The predicted molar refractivity (Wildman–Crippen MR) is 45.4 cm³/mol. The van der Waals surface area contributed by atoms with Gasteiger partial charge in [0.15, 0.2) is 0 Å². The van der Waals surface area contributed by atoms with Gasteiger partial charge in [-0.3, -0.25) is 4.18 Å². The lowest BCUT2D eigenvalue weighted by Crippen LogP contribution is -2.23. The van der Waals surface area contributed by atoms with Gasteiger partial charge in [0.05, 0.1) is 12.4 Å². The van der Waals surface area contributed by atoms with Crippen molar-refractivity contribution in [3.05, 3.63) is 0 Å². The highest BCUT2D eigenvalue weighted by Crippen LogP contribution is 2.48. The third kappa shape index (κ3) is 1.72. The quantitative estimate of drug-likeness (QED) is 0.638. The maximum Gasteiger partial charge on any atom is 0.264 e. The first-order chi connectivity index (χ1) is 5.97. The van der Waals surface area contributed by atoms with E-state index in [4.69, 9.17) is 4.18 Å². The van der Waals surface area contributed by atoms with Crippen molar-refractivity contribution in [3.63, 3.8) is 0 Å². The summed E-state index contributed by atoms with van der Waals surface area (Å²) in [7, 11) is -3.42. The Morgan fingerprint density at radius 3 is 2.46 bits per heavy atom. The molecule has 13 heavy (non-hydrogen) atoms. The minimum atomic E-state index is -3.42. The zero-order chi connectivity index (χ0) is 9.64. The van der Waals surface area contributed by atoms with Crippen LogP contribution in [0.1, 0.15) is 19.3 Å². The predicted octanol–water partition coefficient (Wildman–Crippen LogP) is 1.10. The monoisotopic (exact) mass is 208 g/mol. The Labute approximate surface area is 77.4 Å². The summed E-state index contributed by atoms with van der Waals surface area (Å²) < 4.78 is 39.8. The summed E-state index contributed by atoms with van der Waals surface area (Å²) in [6.45, 7) is 0. The highest BCUT2D eigenvalue weighted by Gasteiger charge is 2.50. The molecule has 0 aliphatic heterocycles. The maximum atomic E-state index is 13.2. The zero-order valence-corrected chi connectivity index (χ0v) is 8.26. The molecule has 0 radical (unpaired) electrons. The summed E-state index contributed by atoms with van der Waals surface area (Å²) in [5, 5.41) is 0. The summed E-state index contributed by atoms with van der Waals surface area (Å²) in [5.74, 6) is -0.0607. The van der Waals surface area contributed by atoms with E-state index >= 15 is 0 Å². The van der Waals surface area contributed by atoms with Gasteiger partial charge in [-0.1, -0.05) is 0 Å². The van der Waals surface area contributed by atoms with E-state index < -0.39 is 16.3 Å². The smallest absolute Gasteiger partial charge is 0.264 e. The second-order valence-corrected chi connectivity index (χ2v) is 5.62. The molecule has 76 valence electrons. The van der Waals surface area contributed by atoms with Crippen molar-refractivity contribution in [2.24, 2.45) is 11.8 Å². The van der Waals surface area contributed by atoms with Crippen LogP contribution in [-0.2, 0) is 14.3 Å². The molecule has 2 bridgehead atoms. The molecule has 0 unspecified atom stereocenters. The summed E-state index contributed by atoms with van der Waals surface area (Å²) in [4.78, 5) is 0. The van der Waals surface area contributed by atoms with Crippen LogP contribution in [0.3, 0.4) is 0 Å². The van der Waals surface area contributed by atoms with Crippen LogP contribution in [0.15, 0.2) is 0 Å². The third-order valence-corrected chi connectivity index (χ3v) is 3.61. The Hall–Kier alpha value is -0.160. The summed E-state index contributed by atoms with van der Waals surface area (Å²) in [5.41, 5.74) is 0. The molecule has 0 N–H and O–H groups in total. The van der Waals surface area contributed by atoms with Crippen LogP contribution in [-0.4, -0.2) is 26.9 Å². The van der Waals surface area contributed by atoms with Crippen LogP contribution in [0.2, 0.25) is 0 Å². The van der Waals surface area contributed by atoms with Crippen LogP contribution in [0, 0.1) is 11.8 Å². The van der Waals surface area contributed by atoms with Crippen molar-refractivity contribution in [1.29, 1.82) is 0 Å². The Balaban J connectivity index is 2.10. The van der Waals surface area contributed by atoms with E-state index in [2.05, 4.69) is 0 Å². The Bertz CT molecular complexity index is 301. The second-order valence-electron chi connectivity index (χ2n) is 4.02. The molecule has 0 amide bonds. The minimum absolute atomic E-state index is 0.120. The number of hydrogen-bond donors (Lipinski definition) is 0. The van der Waals surface area contributed by atoms with E-state index in [1.165, 1.54) is 0 Å². The van der Waals surface area contributed by atoms with E-state index in [0.29, 0.717) is 6.42 Å². The Morgan fingerprint density at radius 1 is 1.38 bits per heavy atom. The molecule has 2 fully saturated rings. The van der Waals surface area contributed by atoms with Gasteiger partial charge in [-0.2, -0.15) is 8.42 Å².